The first kappa shape index (κ1) is 15.8. The fraction of sp³-hybridized carbons (Fsp3) is 0.474. The third kappa shape index (κ3) is 3.23. The number of nitrogens with zero attached hydrogens (tertiary/aromatic N) is 3. The molecule has 0 spiro atoms. The summed E-state index contributed by atoms with van der Waals surface area (Å²) in [4.78, 5) is 21.9. The van der Waals surface area contributed by atoms with E-state index < -0.39 is 0 Å². The van der Waals surface area contributed by atoms with E-state index in [0.717, 1.165) is 42.8 Å². The normalized spacial score (nSPS) is 21.5. The Balaban J connectivity index is 1.45. The van der Waals surface area contributed by atoms with Gasteiger partial charge >= 0.3 is 0 Å². The van der Waals surface area contributed by atoms with Gasteiger partial charge in [-0.1, -0.05) is 12.1 Å². The summed E-state index contributed by atoms with van der Waals surface area (Å²) < 4.78 is 0. The van der Waals surface area contributed by atoms with E-state index in [0.29, 0.717) is 6.04 Å². The lowest BCUT2D eigenvalue weighted by atomic mass is 10.1. The lowest BCUT2D eigenvalue weighted by Crippen LogP contribution is -2.42. The van der Waals surface area contributed by atoms with Gasteiger partial charge in [-0.05, 0) is 50.9 Å². The molecule has 2 aromatic rings. The van der Waals surface area contributed by atoms with Crippen LogP contribution in [0.4, 0.5) is 0 Å². The average Bonchev–Trinajstić information content (AvgIpc) is 3.37. The van der Waals surface area contributed by atoms with Gasteiger partial charge in [0.1, 0.15) is 0 Å². The second kappa shape index (κ2) is 7.03. The van der Waals surface area contributed by atoms with Crippen LogP contribution < -0.4 is 0 Å². The van der Waals surface area contributed by atoms with Crippen molar-refractivity contribution in [3.8, 4) is 11.3 Å². The molecular weight excluding hydrogens is 318 g/mol. The van der Waals surface area contributed by atoms with Gasteiger partial charge in [0, 0.05) is 35.6 Å². The highest BCUT2D eigenvalue weighted by atomic mass is 32.1. The molecule has 1 amide bonds. The molecule has 2 aliphatic heterocycles. The van der Waals surface area contributed by atoms with Crippen molar-refractivity contribution in [3.63, 3.8) is 0 Å². The number of amides is 1. The number of hydrogen-bond acceptors (Lipinski definition) is 4. The second-order valence-electron chi connectivity index (χ2n) is 6.75. The lowest BCUT2D eigenvalue weighted by Gasteiger charge is -2.28. The van der Waals surface area contributed by atoms with Crippen molar-refractivity contribution in [1.82, 2.24) is 14.8 Å². The Morgan fingerprint density at radius 2 is 1.92 bits per heavy atom. The van der Waals surface area contributed by atoms with Crippen molar-refractivity contribution in [3.05, 3.63) is 40.7 Å². The smallest absolute Gasteiger partial charge is 0.254 e. The Kier molecular flexibility index (Phi) is 4.63. The molecule has 0 aliphatic carbocycles. The van der Waals surface area contributed by atoms with Crippen molar-refractivity contribution in [2.75, 3.05) is 26.2 Å². The molecule has 4 rings (SSSR count). The van der Waals surface area contributed by atoms with Crippen LogP contribution in [0, 0.1) is 0 Å². The standard InChI is InChI=1S/C19H23N3OS/c23-19(16-7-5-15(6-8-16)18-13-24-14-20-18)22-11-3-4-17(22)12-21-9-1-2-10-21/h5-8,13-14,17H,1-4,9-12H2/t17-/m0/s1. The van der Waals surface area contributed by atoms with Crippen LogP contribution in [-0.2, 0) is 0 Å². The summed E-state index contributed by atoms with van der Waals surface area (Å²) >= 11 is 1.59. The molecule has 0 radical (unpaired) electrons. The van der Waals surface area contributed by atoms with E-state index in [-0.39, 0.29) is 5.91 Å². The first-order chi connectivity index (χ1) is 11.8. The lowest BCUT2D eigenvalue weighted by molar-refractivity contribution is 0.0709. The number of benzene rings is 1. The van der Waals surface area contributed by atoms with Gasteiger partial charge in [-0.3, -0.25) is 4.79 Å². The molecule has 2 aliphatic rings. The van der Waals surface area contributed by atoms with Crippen LogP contribution >= 0.6 is 11.3 Å². The van der Waals surface area contributed by atoms with Crippen molar-refractivity contribution in [1.29, 1.82) is 0 Å². The summed E-state index contributed by atoms with van der Waals surface area (Å²) in [7, 11) is 0. The first-order valence-corrected chi connectivity index (χ1v) is 9.77. The number of rotatable bonds is 4. The summed E-state index contributed by atoms with van der Waals surface area (Å²) in [5.41, 5.74) is 4.68. The predicted molar refractivity (Wildman–Crippen MR) is 97.3 cm³/mol. The molecule has 3 heterocycles. The summed E-state index contributed by atoms with van der Waals surface area (Å²) in [6.07, 6.45) is 4.87. The molecular formula is C19H23N3OS. The number of carbonyl (C=O) groups is 1. The number of carbonyl (C=O) groups excluding carboxylic acids is 1. The van der Waals surface area contributed by atoms with Gasteiger partial charge in [-0.2, -0.15) is 0 Å². The molecule has 2 fully saturated rings. The van der Waals surface area contributed by atoms with Crippen LogP contribution in [-0.4, -0.2) is 52.9 Å². The molecule has 0 N–H and O–H groups in total. The topological polar surface area (TPSA) is 36.4 Å². The molecule has 0 saturated carbocycles. The van der Waals surface area contributed by atoms with E-state index in [4.69, 9.17) is 0 Å². The van der Waals surface area contributed by atoms with Crippen molar-refractivity contribution < 1.29 is 4.79 Å². The van der Waals surface area contributed by atoms with Crippen LogP contribution in [0.15, 0.2) is 35.2 Å². The number of hydrogen-bond donors (Lipinski definition) is 0. The molecule has 126 valence electrons. The van der Waals surface area contributed by atoms with Gasteiger partial charge in [-0.15, -0.1) is 11.3 Å². The highest BCUT2D eigenvalue weighted by molar-refractivity contribution is 7.07. The van der Waals surface area contributed by atoms with Gasteiger partial charge in [0.05, 0.1) is 11.2 Å². The molecule has 2 saturated heterocycles. The fourth-order valence-electron chi connectivity index (χ4n) is 3.86. The highest BCUT2D eigenvalue weighted by Crippen LogP contribution is 2.24. The Morgan fingerprint density at radius 1 is 1.12 bits per heavy atom. The van der Waals surface area contributed by atoms with Crippen LogP contribution in [0.1, 0.15) is 36.0 Å². The average molecular weight is 341 g/mol. The zero-order valence-electron chi connectivity index (χ0n) is 13.9. The number of aromatic nitrogens is 1. The van der Waals surface area contributed by atoms with E-state index >= 15 is 0 Å². The summed E-state index contributed by atoms with van der Waals surface area (Å²) in [6, 6.07) is 8.29. The molecule has 24 heavy (non-hydrogen) atoms. The van der Waals surface area contributed by atoms with E-state index in [1.807, 2.05) is 35.2 Å². The van der Waals surface area contributed by atoms with Crippen molar-refractivity contribution in [2.24, 2.45) is 0 Å². The van der Waals surface area contributed by atoms with Crippen LogP contribution in [0.3, 0.4) is 0 Å². The zero-order valence-corrected chi connectivity index (χ0v) is 14.7. The van der Waals surface area contributed by atoms with E-state index in [9.17, 15) is 4.79 Å². The maximum absolute atomic E-state index is 12.9. The molecule has 1 aromatic carbocycles. The summed E-state index contributed by atoms with van der Waals surface area (Å²) in [6.45, 7) is 4.33. The predicted octanol–water partition coefficient (Wildman–Crippen LogP) is 3.51. The Morgan fingerprint density at radius 3 is 2.62 bits per heavy atom. The van der Waals surface area contributed by atoms with E-state index in [2.05, 4.69) is 14.8 Å². The number of thiazole rings is 1. The number of likely N-dealkylation sites (tertiary alicyclic amines) is 2. The highest BCUT2D eigenvalue weighted by Gasteiger charge is 2.31. The Hall–Kier alpha value is -1.72. The third-order valence-electron chi connectivity index (χ3n) is 5.17. The first-order valence-electron chi connectivity index (χ1n) is 8.83. The van der Waals surface area contributed by atoms with Crippen molar-refractivity contribution in [2.45, 2.75) is 31.7 Å². The van der Waals surface area contributed by atoms with Crippen molar-refractivity contribution >= 4 is 17.2 Å². The monoisotopic (exact) mass is 341 g/mol. The molecule has 1 aromatic heterocycles. The second-order valence-corrected chi connectivity index (χ2v) is 7.47. The third-order valence-corrected chi connectivity index (χ3v) is 5.75. The quantitative estimate of drug-likeness (QED) is 0.854. The SMILES string of the molecule is O=C(c1ccc(-c2cscn2)cc1)N1CCC[C@H]1CN1CCCC1. The molecule has 1 atom stereocenters. The van der Waals surface area contributed by atoms with Crippen LogP contribution in [0.5, 0.6) is 0 Å². The maximum Gasteiger partial charge on any atom is 0.254 e. The largest absolute Gasteiger partial charge is 0.334 e. The van der Waals surface area contributed by atoms with Gasteiger partial charge in [0.15, 0.2) is 0 Å². The molecule has 0 bridgehead atoms. The minimum atomic E-state index is 0.182. The minimum Gasteiger partial charge on any atom is -0.334 e. The Bertz CT molecular complexity index is 677. The molecule has 5 heteroatoms. The molecule has 0 unspecified atom stereocenters. The van der Waals surface area contributed by atoms with Gasteiger partial charge in [-0.25, -0.2) is 4.98 Å². The van der Waals surface area contributed by atoms with E-state index in [1.165, 1.54) is 25.9 Å². The van der Waals surface area contributed by atoms with Crippen LogP contribution in [0.2, 0.25) is 0 Å². The fourth-order valence-corrected chi connectivity index (χ4v) is 4.42. The maximum atomic E-state index is 12.9. The van der Waals surface area contributed by atoms with Gasteiger partial charge < -0.3 is 9.80 Å². The minimum absolute atomic E-state index is 0.182. The van der Waals surface area contributed by atoms with Gasteiger partial charge in [0.2, 0.25) is 0 Å². The van der Waals surface area contributed by atoms with E-state index in [1.54, 1.807) is 11.3 Å². The molecule has 4 nitrogen and oxygen atoms in total. The van der Waals surface area contributed by atoms with Crippen LogP contribution in [0.25, 0.3) is 11.3 Å². The van der Waals surface area contributed by atoms with Gasteiger partial charge in [0.25, 0.3) is 5.91 Å². The summed E-state index contributed by atoms with van der Waals surface area (Å²) in [5.74, 6) is 0.182. The Labute approximate surface area is 147 Å². The summed E-state index contributed by atoms with van der Waals surface area (Å²) in [5, 5.41) is 2.03. The zero-order chi connectivity index (χ0) is 16.4.